The number of oxime groups is 1. The van der Waals surface area contributed by atoms with Crippen molar-refractivity contribution in [2.75, 3.05) is 13.7 Å². The molecule has 5 heteroatoms. The topological polar surface area (TPSA) is 59.9 Å². The highest BCUT2D eigenvalue weighted by Crippen LogP contribution is 2.24. The molecule has 1 unspecified atom stereocenters. The van der Waals surface area contributed by atoms with Gasteiger partial charge in [-0.25, -0.2) is 0 Å². The number of nitrogens with zero attached hydrogens (tertiary/aromatic N) is 1. The van der Waals surface area contributed by atoms with Gasteiger partial charge in [-0.05, 0) is 36.6 Å². The molecule has 0 bridgehead atoms. The molecule has 25 heavy (non-hydrogen) atoms. The van der Waals surface area contributed by atoms with Crippen molar-refractivity contribution in [3.63, 3.8) is 0 Å². The number of rotatable bonds is 6. The van der Waals surface area contributed by atoms with Crippen LogP contribution in [0.1, 0.15) is 29.5 Å². The van der Waals surface area contributed by atoms with Crippen LogP contribution in [0.2, 0.25) is 0 Å². The molecule has 0 fully saturated rings. The van der Waals surface area contributed by atoms with Crippen molar-refractivity contribution in [3.8, 4) is 5.75 Å². The third kappa shape index (κ3) is 5.08. The van der Waals surface area contributed by atoms with Gasteiger partial charge in [0.25, 0.3) is 0 Å². The van der Waals surface area contributed by atoms with E-state index >= 15 is 0 Å². The van der Waals surface area contributed by atoms with Crippen molar-refractivity contribution >= 4 is 11.7 Å². The monoisotopic (exact) mass is 340 g/mol. The van der Waals surface area contributed by atoms with Gasteiger partial charge in [0.05, 0.1) is 5.92 Å². The van der Waals surface area contributed by atoms with Gasteiger partial charge in [-0.2, -0.15) is 0 Å². The number of hydrogen-bond acceptors (Lipinski definition) is 4. The van der Waals surface area contributed by atoms with E-state index in [2.05, 4.69) is 10.5 Å². The van der Waals surface area contributed by atoms with Crippen LogP contribution in [-0.4, -0.2) is 25.5 Å². The molecule has 1 amide bonds. The molecule has 0 heterocycles. The van der Waals surface area contributed by atoms with Gasteiger partial charge >= 0.3 is 0 Å². The Bertz CT molecular complexity index is 742. The molecule has 132 valence electrons. The summed E-state index contributed by atoms with van der Waals surface area (Å²) in [7, 11) is 1.45. The number of benzene rings is 2. The van der Waals surface area contributed by atoms with Gasteiger partial charge in [-0.3, -0.25) is 4.79 Å². The van der Waals surface area contributed by atoms with Crippen molar-refractivity contribution in [3.05, 3.63) is 65.2 Å². The van der Waals surface area contributed by atoms with Crippen LogP contribution in [-0.2, 0) is 9.63 Å². The summed E-state index contributed by atoms with van der Waals surface area (Å²) in [5, 5.41) is 6.75. The predicted molar refractivity (Wildman–Crippen MR) is 98.9 cm³/mol. The molecular weight excluding hydrogens is 316 g/mol. The van der Waals surface area contributed by atoms with Gasteiger partial charge in [0.15, 0.2) is 5.84 Å². The Kier molecular flexibility index (Phi) is 6.57. The van der Waals surface area contributed by atoms with Crippen LogP contribution in [0.3, 0.4) is 0 Å². The zero-order valence-corrected chi connectivity index (χ0v) is 15.1. The van der Waals surface area contributed by atoms with Crippen LogP contribution >= 0.6 is 0 Å². The van der Waals surface area contributed by atoms with E-state index in [4.69, 9.17) is 9.57 Å². The molecule has 0 saturated carbocycles. The van der Waals surface area contributed by atoms with Crippen LogP contribution in [0.25, 0.3) is 0 Å². The predicted octanol–water partition coefficient (Wildman–Crippen LogP) is 3.56. The molecule has 0 aromatic heterocycles. The Morgan fingerprint density at radius 3 is 2.48 bits per heavy atom. The molecule has 2 aromatic rings. The van der Waals surface area contributed by atoms with Gasteiger partial charge in [-0.15, -0.1) is 0 Å². The second kappa shape index (κ2) is 8.87. The highest BCUT2D eigenvalue weighted by Gasteiger charge is 2.22. The molecule has 0 aliphatic carbocycles. The number of hydrogen-bond donors (Lipinski definition) is 1. The van der Waals surface area contributed by atoms with Crippen molar-refractivity contribution in [1.82, 2.24) is 5.32 Å². The van der Waals surface area contributed by atoms with E-state index in [9.17, 15) is 4.79 Å². The maximum Gasteiger partial charge on any atom is 0.222 e. The Morgan fingerprint density at radius 2 is 1.84 bits per heavy atom. The number of carbonyl (C=O) groups is 1. The highest BCUT2D eigenvalue weighted by atomic mass is 16.6. The summed E-state index contributed by atoms with van der Waals surface area (Å²) >= 11 is 0. The average molecular weight is 340 g/mol. The Balaban J connectivity index is 2.30. The minimum Gasteiger partial charge on any atom is -0.492 e. The lowest BCUT2D eigenvalue weighted by Crippen LogP contribution is -2.36. The zero-order chi connectivity index (χ0) is 18.2. The summed E-state index contributed by atoms with van der Waals surface area (Å²) < 4.78 is 6.06. The molecule has 1 atom stereocenters. The van der Waals surface area contributed by atoms with Crippen LogP contribution in [0, 0.1) is 13.8 Å². The standard InChI is InChI=1S/C20H24N2O3/c1-14-9-8-12-19(15(14)2)25-13-18(17-10-6-5-7-11-17)20(22-24-4)21-16(3)23/h5-12,18H,13H2,1-4H3,(H,21,22,23). The first kappa shape index (κ1) is 18.5. The summed E-state index contributed by atoms with van der Waals surface area (Å²) in [4.78, 5) is 16.5. The molecule has 0 spiro atoms. The minimum absolute atomic E-state index is 0.205. The largest absolute Gasteiger partial charge is 0.492 e. The zero-order valence-electron chi connectivity index (χ0n) is 15.1. The first-order chi connectivity index (χ1) is 12.0. The van der Waals surface area contributed by atoms with E-state index in [1.807, 2.05) is 62.4 Å². The summed E-state index contributed by atoms with van der Waals surface area (Å²) in [6, 6.07) is 15.7. The van der Waals surface area contributed by atoms with Crippen LogP contribution < -0.4 is 10.1 Å². The van der Waals surface area contributed by atoms with Gasteiger partial charge < -0.3 is 14.9 Å². The van der Waals surface area contributed by atoms with Crippen molar-refractivity contribution in [1.29, 1.82) is 0 Å². The second-order valence-electron chi connectivity index (χ2n) is 5.81. The van der Waals surface area contributed by atoms with Gasteiger partial charge in [0.2, 0.25) is 5.91 Å². The fraction of sp³-hybridized carbons (Fsp3) is 0.300. The first-order valence-corrected chi connectivity index (χ1v) is 8.15. The molecule has 0 aliphatic rings. The minimum atomic E-state index is -0.259. The fourth-order valence-corrected chi connectivity index (χ4v) is 2.52. The van der Waals surface area contributed by atoms with E-state index in [0.717, 1.165) is 16.9 Å². The molecule has 0 radical (unpaired) electrons. The number of amides is 1. The summed E-state index contributed by atoms with van der Waals surface area (Å²) in [5.41, 5.74) is 3.25. The molecule has 2 rings (SSSR count). The number of carbonyl (C=O) groups excluding carboxylic acids is 1. The molecule has 1 N–H and O–H groups in total. The van der Waals surface area contributed by atoms with E-state index in [0.29, 0.717) is 12.4 Å². The van der Waals surface area contributed by atoms with E-state index in [1.54, 1.807) is 0 Å². The molecule has 5 nitrogen and oxygen atoms in total. The number of ether oxygens (including phenoxy) is 1. The van der Waals surface area contributed by atoms with Crippen molar-refractivity contribution in [2.24, 2.45) is 5.16 Å². The van der Waals surface area contributed by atoms with Gasteiger partial charge in [0.1, 0.15) is 19.5 Å². The van der Waals surface area contributed by atoms with Crippen LogP contribution in [0.5, 0.6) is 5.75 Å². The van der Waals surface area contributed by atoms with Crippen LogP contribution in [0.15, 0.2) is 53.7 Å². The van der Waals surface area contributed by atoms with Gasteiger partial charge in [0, 0.05) is 6.92 Å². The first-order valence-electron chi connectivity index (χ1n) is 8.15. The quantitative estimate of drug-likeness (QED) is 0.497. The second-order valence-corrected chi connectivity index (χ2v) is 5.81. The Hall–Kier alpha value is -2.82. The van der Waals surface area contributed by atoms with Crippen LogP contribution in [0.4, 0.5) is 0 Å². The summed E-state index contributed by atoms with van der Waals surface area (Å²) in [5.74, 6) is 0.778. The van der Waals surface area contributed by atoms with Crippen molar-refractivity contribution in [2.45, 2.75) is 26.7 Å². The third-order valence-electron chi connectivity index (χ3n) is 3.99. The Labute approximate surface area is 148 Å². The number of aryl methyl sites for hydroxylation is 1. The third-order valence-corrected chi connectivity index (χ3v) is 3.99. The maximum atomic E-state index is 11.5. The fourth-order valence-electron chi connectivity index (χ4n) is 2.52. The van der Waals surface area contributed by atoms with E-state index < -0.39 is 0 Å². The van der Waals surface area contributed by atoms with Crippen molar-refractivity contribution < 1.29 is 14.4 Å². The van der Waals surface area contributed by atoms with E-state index in [-0.39, 0.29) is 11.8 Å². The Morgan fingerprint density at radius 1 is 1.12 bits per heavy atom. The highest BCUT2D eigenvalue weighted by molar-refractivity contribution is 6.00. The summed E-state index contributed by atoms with van der Waals surface area (Å²) in [6.07, 6.45) is 0. The lowest BCUT2D eigenvalue weighted by molar-refractivity contribution is -0.117. The maximum absolute atomic E-state index is 11.5. The smallest absolute Gasteiger partial charge is 0.222 e. The lowest BCUT2D eigenvalue weighted by Gasteiger charge is -2.21. The molecule has 0 aliphatic heterocycles. The van der Waals surface area contributed by atoms with E-state index in [1.165, 1.54) is 19.6 Å². The number of nitrogens with one attached hydrogen (secondary N) is 1. The normalized spacial score (nSPS) is 12.4. The lowest BCUT2D eigenvalue weighted by atomic mass is 9.98. The van der Waals surface area contributed by atoms with Gasteiger partial charge in [-0.1, -0.05) is 47.6 Å². The molecule has 0 saturated heterocycles. The molecular formula is C20H24N2O3. The molecule has 2 aromatic carbocycles. The SMILES string of the molecule is CON=C(NC(C)=O)C(COc1cccc(C)c1C)c1ccccc1. The average Bonchev–Trinajstić information content (AvgIpc) is 2.59. The number of amidine groups is 1. The summed E-state index contributed by atoms with van der Waals surface area (Å²) in [6.45, 7) is 5.85.